The average Bonchev–Trinajstić information content (AvgIpc) is 3.73. The van der Waals surface area contributed by atoms with Crippen molar-refractivity contribution < 1.29 is 42.7 Å². The summed E-state index contributed by atoms with van der Waals surface area (Å²) < 4.78 is 43.3. The first-order valence-corrected chi connectivity index (χ1v) is 17.6. The normalized spacial score (nSPS) is 29.0. The smallest absolute Gasteiger partial charge is 0.394 e. The number of aliphatic hydroxyl groups is 2. The summed E-state index contributed by atoms with van der Waals surface area (Å²) in [5.41, 5.74) is 11.6. The van der Waals surface area contributed by atoms with Crippen LogP contribution in [0.15, 0.2) is 23.8 Å². The number of hydrogen-bond donors (Lipinski definition) is 7. The van der Waals surface area contributed by atoms with E-state index in [1.54, 1.807) is 4.57 Å². The Balaban J connectivity index is 1.20. The topological polar surface area (TPSA) is 283 Å². The maximum absolute atomic E-state index is 12.3. The number of thiol groups is 1. The quantitative estimate of drug-likeness (QED) is 0.0795. The zero-order valence-corrected chi connectivity index (χ0v) is 25.6. The Bertz CT molecular complexity index is 1820. The number of hydrogen-bond acceptors (Lipinski definition) is 17. The molecule has 0 radical (unpaired) electrons. The molecule has 8 N–H and O–H groups in total. The summed E-state index contributed by atoms with van der Waals surface area (Å²) in [6, 6.07) is 0. The minimum Gasteiger partial charge on any atom is -0.394 e. The van der Waals surface area contributed by atoms with Crippen LogP contribution in [0, 0.1) is 0 Å². The molecule has 236 valence electrons. The van der Waals surface area contributed by atoms with Crippen LogP contribution in [0.2, 0.25) is 0 Å². The van der Waals surface area contributed by atoms with Crippen LogP contribution in [0.1, 0.15) is 18.9 Å². The monoisotopic (exact) mass is 691 g/mol. The molecule has 5 unspecified atom stereocenters. The number of nitrogens with zero attached hydrogens (tertiary/aromatic N) is 7. The van der Waals surface area contributed by atoms with Gasteiger partial charge >= 0.3 is 13.9 Å². The van der Waals surface area contributed by atoms with Gasteiger partial charge in [0.15, 0.2) is 28.9 Å². The van der Waals surface area contributed by atoms with Gasteiger partial charge in [0.05, 0.1) is 25.9 Å². The van der Waals surface area contributed by atoms with Gasteiger partial charge in [-0.2, -0.15) is 4.98 Å². The summed E-state index contributed by atoms with van der Waals surface area (Å²) in [6.07, 6.45) is -3.72. The van der Waals surface area contributed by atoms with Crippen molar-refractivity contribution in [2.45, 2.75) is 49.4 Å². The van der Waals surface area contributed by atoms with Gasteiger partial charge in [-0.25, -0.2) is 19.9 Å². The van der Waals surface area contributed by atoms with Gasteiger partial charge < -0.3 is 40.6 Å². The molecule has 0 aliphatic carbocycles. The van der Waals surface area contributed by atoms with Gasteiger partial charge in [-0.3, -0.25) is 23.4 Å². The van der Waals surface area contributed by atoms with Crippen LogP contribution in [0.3, 0.4) is 0 Å². The second kappa shape index (κ2) is 12.2. The lowest BCUT2D eigenvalue weighted by atomic mass is 10.1. The van der Waals surface area contributed by atoms with Gasteiger partial charge in [-0.05, 0) is 16.4 Å². The predicted octanol–water partition coefficient (Wildman–Crippen LogP) is -0.747. The fourth-order valence-corrected chi connectivity index (χ4v) is 7.25. The number of H-pyrrole nitrogens is 1. The largest absolute Gasteiger partial charge is 0.582 e. The molecule has 6 heterocycles. The Hall–Kier alpha value is -2.72. The van der Waals surface area contributed by atoms with Crippen LogP contribution in [0.5, 0.6) is 0 Å². The maximum Gasteiger partial charge on any atom is 0.582 e. The molecular weight excluding hydrogens is 666 g/mol. The molecular formula is C20H25N10O10P2S2+. The number of ether oxygens (including phenoxy) is 2. The fourth-order valence-electron chi connectivity index (χ4n) is 5.02. The van der Waals surface area contributed by atoms with E-state index in [4.69, 9.17) is 46.3 Å². The van der Waals surface area contributed by atoms with Gasteiger partial charge in [0.2, 0.25) is 5.95 Å². The lowest BCUT2D eigenvalue weighted by Crippen LogP contribution is -2.35. The van der Waals surface area contributed by atoms with Crippen LogP contribution in [0.4, 0.5) is 11.8 Å². The number of anilines is 2. The molecule has 0 aromatic carbocycles. The second-order valence-corrected chi connectivity index (χ2v) is 14.1. The minimum atomic E-state index is -4.19. The third-order valence-corrected chi connectivity index (χ3v) is 9.27. The van der Waals surface area contributed by atoms with E-state index in [0.29, 0.717) is 11.2 Å². The zero-order chi connectivity index (χ0) is 31.3. The van der Waals surface area contributed by atoms with Gasteiger partial charge in [-0.1, -0.05) is 0 Å². The Labute approximate surface area is 257 Å². The summed E-state index contributed by atoms with van der Waals surface area (Å²) in [4.78, 5) is 46.0. The van der Waals surface area contributed by atoms with E-state index in [9.17, 15) is 24.5 Å². The number of nitrogens with two attached hydrogens (primary N) is 2. The Kier molecular flexibility index (Phi) is 8.69. The van der Waals surface area contributed by atoms with Crippen molar-refractivity contribution in [3.05, 3.63) is 29.3 Å². The lowest BCUT2D eigenvalue weighted by Gasteiger charge is -2.27. The SMILES string of the molecule is Nc1nc2c(ncn2[C@@H]2O[C@H](CO)C(O)C2OP(O)(=S)OC[C@H]2O[C@@H](n3cnc4c(N)ncnc43)CC2O[P+](=O)S)c(=O)[nH]1. The van der Waals surface area contributed by atoms with Crippen LogP contribution in [-0.2, 0) is 39.4 Å². The van der Waals surface area contributed by atoms with E-state index in [-0.39, 0.29) is 29.4 Å². The molecule has 0 saturated carbocycles. The Morgan fingerprint density at radius 1 is 1.16 bits per heavy atom. The first kappa shape index (κ1) is 31.3. The number of aromatic nitrogens is 8. The number of nitrogens with one attached hydrogen (secondary N) is 1. The number of imidazole rings is 2. The molecule has 2 aliphatic rings. The van der Waals surface area contributed by atoms with Crippen molar-refractivity contribution in [1.82, 2.24) is 39.0 Å². The summed E-state index contributed by atoms with van der Waals surface area (Å²) in [7, 11) is -2.36. The maximum atomic E-state index is 12.3. The number of aliphatic hydroxyl groups excluding tert-OH is 2. The fraction of sp³-hybridized carbons (Fsp3) is 0.500. The number of aromatic amines is 1. The summed E-state index contributed by atoms with van der Waals surface area (Å²) in [5, 5.41) is 20.6. The molecule has 24 heteroatoms. The van der Waals surface area contributed by atoms with Crippen molar-refractivity contribution in [1.29, 1.82) is 0 Å². The van der Waals surface area contributed by atoms with Gasteiger partial charge in [0, 0.05) is 6.42 Å². The van der Waals surface area contributed by atoms with E-state index in [2.05, 4.69) is 42.2 Å². The molecule has 44 heavy (non-hydrogen) atoms. The highest BCUT2D eigenvalue weighted by Gasteiger charge is 2.49. The van der Waals surface area contributed by atoms with Crippen LogP contribution >= 0.6 is 26.2 Å². The molecule has 2 aliphatic heterocycles. The van der Waals surface area contributed by atoms with E-state index in [1.807, 2.05) is 0 Å². The molecule has 2 saturated heterocycles. The van der Waals surface area contributed by atoms with Crippen molar-refractivity contribution in [3.63, 3.8) is 0 Å². The first-order valence-electron chi connectivity index (χ1n) is 12.7. The first-order chi connectivity index (χ1) is 21.0. The van der Waals surface area contributed by atoms with Crippen LogP contribution in [-0.4, -0.2) is 97.9 Å². The predicted molar refractivity (Wildman–Crippen MR) is 157 cm³/mol. The van der Waals surface area contributed by atoms with Crippen molar-refractivity contribution >= 4 is 72.1 Å². The summed E-state index contributed by atoms with van der Waals surface area (Å²) >= 11 is 9.08. The lowest BCUT2D eigenvalue weighted by molar-refractivity contribution is -0.0534. The summed E-state index contributed by atoms with van der Waals surface area (Å²) in [5.74, 6) is -0.0330. The van der Waals surface area contributed by atoms with E-state index in [0.717, 1.165) is 0 Å². The van der Waals surface area contributed by atoms with Crippen molar-refractivity contribution in [3.8, 4) is 0 Å². The third kappa shape index (κ3) is 5.96. The molecule has 2 fully saturated rings. The van der Waals surface area contributed by atoms with Crippen molar-refractivity contribution in [2.75, 3.05) is 24.7 Å². The Morgan fingerprint density at radius 2 is 1.91 bits per heavy atom. The third-order valence-electron chi connectivity index (χ3n) is 6.98. The molecule has 4 aromatic rings. The number of nitrogen functional groups attached to an aromatic ring is 2. The molecule has 6 rings (SSSR count). The molecule has 0 spiro atoms. The minimum absolute atomic E-state index is 0.00638. The second-order valence-electron chi connectivity index (χ2n) is 9.68. The standard InChI is InChI=1S/C20H24N10O10P2S2/c21-15-11-16(24-4-23-15)29(5-25-11)10-1-7(39-41(34)43)9(37-10)3-36-42(35,44)40-14-13(32)8(2-31)38-19(14)30-6-26-12-17(30)27-20(22)28-18(12)33/h4-10,13-14,19,31-32H,1-3H2,(H6-,21,22,23,24,27,28,33,34,35,43,44)/p+1/t7?,8-,9-,10-,13?,14?,19-,42?/m1/s1. The molecule has 20 nitrogen and oxygen atoms in total. The van der Waals surface area contributed by atoms with Gasteiger partial charge in [-0.15, -0.1) is 4.52 Å². The van der Waals surface area contributed by atoms with Crippen LogP contribution in [0.25, 0.3) is 22.3 Å². The number of fused-ring (bicyclic) bond motifs is 2. The average molecular weight is 692 g/mol. The van der Waals surface area contributed by atoms with Crippen LogP contribution < -0.4 is 17.0 Å². The van der Waals surface area contributed by atoms with Crippen molar-refractivity contribution in [2.24, 2.45) is 0 Å². The van der Waals surface area contributed by atoms with Gasteiger partial charge in [0.1, 0.15) is 60.8 Å². The summed E-state index contributed by atoms with van der Waals surface area (Å²) in [6.45, 7) is -5.20. The highest BCUT2D eigenvalue weighted by atomic mass is 32.7. The zero-order valence-electron chi connectivity index (χ0n) is 22.1. The molecule has 4 aromatic heterocycles. The van der Waals surface area contributed by atoms with E-state index >= 15 is 0 Å². The Morgan fingerprint density at radius 3 is 2.66 bits per heavy atom. The highest BCUT2D eigenvalue weighted by Crippen LogP contribution is 2.51. The van der Waals surface area contributed by atoms with E-state index < -0.39 is 75.7 Å². The molecule has 0 bridgehead atoms. The molecule has 0 amide bonds. The van der Waals surface area contributed by atoms with E-state index in [1.165, 1.54) is 23.5 Å². The number of rotatable bonds is 10. The molecule has 9 atom stereocenters. The highest BCUT2D eigenvalue weighted by molar-refractivity contribution is 8.39. The van der Waals surface area contributed by atoms with Gasteiger partial charge in [0.25, 0.3) is 5.56 Å².